The molecule has 0 bridgehead atoms. The number of imidazole rings is 3. The Morgan fingerprint density at radius 3 is 1.14 bits per heavy atom. The zero-order chi connectivity index (χ0) is 56.8. The van der Waals surface area contributed by atoms with Crippen LogP contribution in [-0.4, -0.2) is 84.5 Å². The Bertz CT molecular complexity index is 3810. The molecular formula is C52H42Cl3F6N15O3. The van der Waals surface area contributed by atoms with Gasteiger partial charge in [-0.15, -0.1) is 0 Å². The van der Waals surface area contributed by atoms with Gasteiger partial charge in [-0.1, -0.05) is 34.8 Å². The molecule has 6 aromatic heterocycles. The SMILES string of the molecule is CCO.COc1ccc(Nc2nc(-n3c(C)nc4ccc(F)cc43)nc(Cl)c2F)cc1.COc1ccc(Nc2nc(-n3c(C)nc4ccc(F)cc43)nc(N)c2F)cc1.Cc1nc2ccc(F)cc2n1-c1nc(Cl)c(F)c(Cl)n1. The molecule has 79 heavy (non-hydrogen) atoms. The molecule has 5 N–H and O–H groups in total. The van der Waals surface area contributed by atoms with Crippen molar-refractivity contribution in [3.8, 4) is 29.3 Å². The van der Waals surface area contributed by atoms with Crippen LogP contribution in [0.25, 0.3) is 50.9 Å². The summed E-state index contributed by atoms with van der Waals surface area (Å²) in [5.41, 5.74) is 9.97. The Hall–Kier alpha value is -8.84. The zero-order valence-electron chi connectivity index (χ0n) is 42.1. The standard InChI is InChI=1S/C19H14ClF2N5O.C19H16F2N6O.C12H6Cl2F2N4.C2H6O/c1-10-23-14-8-3-11(21)9-15(14)27(10)19-25-17(20)16(22)18(26-19)24-12-4-6-13(28-2)7-5-12;1-10-23-14-8-3-11(20)9-15(14)27(10)19-25-17(22)16(21)18(26-19)24-12-4-6-13(28-2)7-5-12;1-5-17-7-3-2-6(15)4-8(7)20(5)12-18-10(13)9(16)11(14)19-12;1-2-3/h3-9H,1-2H3,(H,24,25,26);3-9H,1-2H3,(H3,22,24,25,26);2-4H,1H3;3H,2H2,1H3. The number of aliphatic hydroxyl groups is 1. The van der Waals surface area contributed by atoms with Crippen LogP contribution in [-0.2, 0) is 0 Å². The summed E-state index contributed by atoms with van der Waals surface area (Å²) in [6, 6.07) is 26.2. The number of hydrogen-bond acceptors (Lipinski definition) is 15. The van der Waals surface area contributed by atoms with Gasteiger partial charge in [0.25, 0.3) is 0 Å². The molecule has 27 heteroatoms. The maximum Gasteiger partial charge on any atom is 0.239 e. The minimum absolute atomic E-state index is 0.0343. The predicted octanol–water partition coefficient (Wildman–Crippen LogP) is 12.3. The van der Waals surface area contributed by atoms with E-state index in [1.165, 1.54) is 56.2 Å². The number of hydrogen-bond donors (Lipinski definition) is 4. The Balaban J connectivity index is 0.000000154. The smallest absolute Gasteiger partial charge is 0.239 e. The van der Waals surface area contributed by atoms with E-state index in [0.29, 0.717) is 73.4 Å². The molecule has 0 aliphatic carbocycles. The van der Waals surface area contributed by atoms with Gasteiger partial charge < -0.3 is 30.9 Å². The molecule has 0 aliphatic heterocycles. The summed E-state index contributed by atoms with van der Waals surface area (Å²) in [6.07, 6.45) is 0. The maximum atomic E-state index is 14.5. The lowest BCUT2D eigenvalue weighted by molar-refractivity contribution is 0.318. The van der Waals surface area contributed by atoms with E-state index in [2.05, 4.69) is 55.5 Å². The third-order valence-corrected chi connectivity index (χ3v) is 11.8. The lowest BCUT2D eigenvalue weighted by Gasteiger charge is -2.12. The molecular weight excluding hydrogens is 1100 g/mol. The largest absolute Gasteiger partial charge is 0.497 e. The number of methoxy groups -OCH3 is 2. The normalized spacial score (nSPS) is 10.9. The van der Waals surface area contributed by atoms with Crippen molar-refractivity contribution in [1.82, 2.24) is 58.6 Å². The van der Waals surface area contributed by atoms with Crippen LogP contribution in [0.1, 0.15) is 24.4 Å². The van der Waals surface area contributed by atoms with Gasteiger partial charge in [0.2, 0.25) is 29.5 Å². The molecule has 0 unspecified atom stereocenters. The van der Waals surface area contributed by atoms with E-state index in [0.717, 1.165) is 0 Å². The van der Waals surface area contributed by atoms with Crippen molar-refractivity contribution >= 4 is 96.7 Å². The first-order valence-electron chi connectivity index (χ1n) is 23.1. The second kappa shape index (κ2) is 24.2. The average Bonchev–Trinajstić information content (AvgIpc) is 4.14. The summed E-state index contributed by atoms with van der Waals surface area (Å²) in [5.74, 6) is -1.27. The number of anilines is 5. The number of halogens is 9. The molecule has 11 rings (SSSR count). The molecule has 18 nitrogen and oxygen atoms in total. The molecule has 406 valence electrons. The fourth-order valence-electron chi connectivity index (χ4n) is 7.60. The van der Waals surface area contributed by atoms with Crippen molar-refractivity contribution in [3.63, 3.8) is 0 Å². The predicted molar refractivity (Wildman–Crippen MR) is 289 cm³/mol. The van der Waals surface area contributed by atoms with Gasteiger partial charge in [-0.05, 0) is 113 Å². The Morgan fingerprint density at radius 2 is 0.785 bits per heavy atom. The van der Waals surface area contributed by atoms with Crippen molar-refractivity contribution in [1.29, 1.82) is 0 Å². The number of nitrogens with zero attached hydrogens (tertiary/aromatic N) is 12. The van der Waals surface area contributed by atoms with Gasteiger partial charge in [-0.2, -0.15) is 38.7 Å². The summed E-state index contributed by atoms with van der Waals surface area (Å²) >= 11 is 17.3. The number of aryl methyl sites for hydroxylation is 3. The quantitative estimate of drug-likeness (QED) is 0.0780. The second-order valence-electron chi connectivity index (χ2n) is 16.4. The zero-order valence-corrected chi connectivity index (χ0v) is 44.4. The molecule has 0 aliphatic rings. The first-order valence-corrected chi connectivity index (χ1v) is 24.3. The molecule has 0 spiro atoms. The molecule has 5 aromatic carbocycles. The third kappa shape index (κ3) is 12.5. The number of fused-ring (bicyclic) bond motifs is 3. The van der Waals surface area contributed by atoms with E-state index < -0.39 is 45.2 Å². The average molecular weight is 1150 g/mol. The second-order valence-corrected chi connectivity index (χ2v) is 17.4. The van der Waals surface area contributed by atoms with Crippen LogP contribution in [0, 0.1) is 55.7 Å². The van der Waals surface area contributed by atoms with Gasteiger partial charge in [0.15, 0.2) is 38.7 Å². The third-order valence-electron chi connectivity index (χ3n) is 11.1. The Labute approximate surface area is 459 Å². The van der Waals surface area contributed by atoms with E-state index in [-0.39, 0.29) is 47.1 Å². The highest BCUT2D eigenvalue weighted by atomic mass is 35.5. The van der Waals surface area contributed by atoms with Crippen LogP contribution >= 0.6 is 34.8 Å². The number of nitrogens with two attached hydrogens (primary N) is 1. The number of nitrogen functional groups attached to an aromatic ring is 1. The van der Waals surface area contributed by atoms with Gasteiger partial charge in [-0.3, -0.25) is 13.7 Å². The monoisotopic (exact) mass is 1140 g/mol. The number of aliphatic hydroxyl groups excluding tert-OH is 1. The number of benzene rings is 5. The first kappa shape index (κ1) is 56.4. The molecule has 0 amide bonds. The van der Waals surface area contributed by atoms with Crippen LogP contribution < -0.4 is 25.8 Å². The molecule has 0 atom stereocenters. The summed E-state index contributed by atoms with van der Waals surface area (Å²) in [6.45, 7) is 7.05. The molecule has 0 saturated carbocycles. The van der Waals surface area contributed by atoms with Crippen molar-refractivity contribution in [2.24, 2.45) is 0 Å². The summed E-state index contributed by atoms with van der Waals surface area (Å²) in [5, 5.41) is 12.1. The first-order chi connectivity index (χ1) is 37.8. The van der Waals surface area contributed by atoms with Crippen LogP contribution in [0.3, 0.4) is 0 Å². The fourth-order valence-corrected chi connectivity index (χ4v) is 8.14. The minimum atomic E-state index is -0.898. The van der Waals surface area contributed by atoms with E-state index in [4.69, 9.17) is 55.1 Å². The lowest BCUT2D eigenvalue weighted by atomic mass is 10.3. The van der Waals surface area contributed by atoms with Gasteiger partial charge in [0.1, 0.15) is 46.4 Å². The van der Waals surface area contributed by atoms with Crippen molar-refractivity contribution in [3.05, 3.63) is 171 Å². The van der Waals surface area contributed by atoms with Crippen molar-refractivity contribution < 1.29 is 40.9 Å². The van der Waals surface area contributed by atoms with Crippen LogP contribution in [0.4, 0.5) is 55.2 Å². The molecule has 0 radical (unpaired) electrons. The van der Waals surface area contributed by atoms with Gasteiger partial charge in [-0.25, -0.2) is 32.5 Å². The molecule has 0 saturated heterocycles. The maximum absolute atomic E-state index is 14.5. The highest BCUT2D eigenvalue weighted by molar-refractivity contribution is 6.33. The minimum Gasteiger partial charge on any atom is -0.497 e. The van der Waals surface area contributed by atoms with E-state index in [9.17, 15) is 26.3 Å². The highest BCUT2D eigenvalue weighted by Gasteiger charge is 2.21. The highest BCUT2D eigenvalue weighted by Crippen LogP contribution is 2.30. The Kier molecular flexibility index (Phi) is 17.3. The topological polar surface area (TPSA) is 220 Å². The Morgan fingerprint density at radius 1 is 0.468 bits per heavy atom. The van der Waals surface area contributed by atoms with Gasteiger partial charge >= 0.3 is 0 Å². The van der Waals surface area contributed by atoms with Gasteiger partial charge in [0.05, 0.1) is 47.3 Å². The van der Waals surface area contributed by atoms with E-state index in [1.807, 2.05) is 0 Å². The van der Waals surface area contributed by atoms with E-state index >= 15 is 0 Å². The molecule has 11 aromatic rings. The van der Waals surface area contributed by atoms with Crippen molar-refractivity contribution in [2.45, 2.75) is 27.7 Å². The summed E-state index contributed by atoms with van der Waals surface area (Å²) in [7, 11) is 3.11. The summed E-state index contributed by atoms with van der Waals surface area (Å²) < 4.78 is 97.9. The summed E-state index contributed by atoms with van der Waals surface area (Å²) in [4.78, 5) is 37.1. The number of nitrogens with one attached hydrogen (secondary N) is 2. The lowest BCUT2D eigenvalue weighted by Crippen LogP contribution is -2.10. The van der Waals surface area contributed by atoms with Gasteiger partial charge in [0, 0.05) is 36.2 Å². The van der Waals surface area contributed by atoms with Crippen LogP contribution in [0.15, 0.2) is 103 Å². The molecule has 0 fully saturated rings. The fraction of sp³-hybridized carbons (Fsp3) is 0.135. The van der Waals surface area contributed by atoms with Crippen molar-refractivity contribution in [2.75, 3.05) is 37.2 Å². The van der Waals surface area contributed by atoms with Crippen LogP contribution in [0.2, 0.25) is 15.5 Å². The molecule has 6 heterocycles. The number of rotatable bonds is 9. The van der Waals surface area contributed by atoms with Crippen LogP contribution in [0.5, 0.6) is 11.5 Å². The number of ether oxygens (including phenoxy) is 2. The number of aromatic nitrogens is 12. The van der Waals surface area contributed by atoms with E-state index in [1.54, 1.807) is 103 Å².